The maximum Gasteiger partial charge on any atom is 4.00 e. The monoisotopic (exact) mass is 453 g/mol. The number of hydrogen-bond acceptors (Lipinski definition) is 8. The minimum absolute atomic E-state index is 0. The van der Waals surface area contributed by atoms with E-state index in [0.29, 0.717) is 0 Å². The molecule has 0 saturated carbocycles. The molecule has 8 nitrogen and oxygen atoms in total. The van der Waals surface area contributed by atoms with Gasteiger partial charge in [-0.3, -0.25) is 0 Å². The van der Waals surface area contributed by atoms with Crippen LogP contribution < -0.4 is 19.6 Å². The van der Waals surface area contributed by atoms with Gasteiger partial charge in [-0.05, 0) is 34.7 Å². The predicted octanol–water partition coefficient (Wildman–Crippen LogP) is -3.93. The molecule has 0 aromatic heterocycles. The molecular weight excluding hydrogens is 444 g/mol. The van der Waals surface area contributed by atoms with Crippen LogP contribution in [0.4, 0.5) is 0 Å². The molecule has 0 spiro atoms. The second kappa shape index (κ2) is 70.6. The topological polar surface area (TPSA) is 161 Å². The fourth-order valence-electron chi connectivity index (χ4n) is 0. The van der Waals surface area contributed by atoms with Gasteiger partial charge < -0.3 is 37.8 Å². The van der Waals surface area contributed by atoms with E-state index in [2.05, 4.69) is 0 Å². The fraction of sp³-hybridized carbons (Fsp3) is 0. The molecule has 0 amide bonds. The van der Waals surface area contributed by atoms with Crippen LogP contribution in [0.15, 0.2) is 0 Å². The van der Waals surface area contributed by atoms with E-state index in [1.54, 1.807) is 0 Å². The Labute approximate surface area is 92.9 Å². The van der Waals surface area contributed by atoms with Crippen molar-refractivity contribution < 1.29 is 57.9 Å². The summed E-state index contributed by atoms with van der Waals surface area (Å²) in [4.78, 5) is 33.8. The third-order valence-electron chi connectivity index (χ3n) is 0. The zero-order valence-corrected chi connectivity index (χ0v) is 12.9. The minimum Gasteiger partial charge on any atom is -0.804 e. The summed E-state index contributed by atoms with van der Waals surface area (Å²) in [6.45, 7) is 0. The Balaban J connectivity index is -0.0000000213. The van der Waals surface area contributed by atoms with Crippen LogP contribution >= 0.6 is 34.7 Å². The third-order valence-corrected chi connectivity index (χ3v) is 0. The first-order chi connectivity index (χ1) is 5.66. The zero-order valence-electron chi connectivity index (χ0n) is 5.91. The summed E-state index contributed by atoms with van der Waals surface area (Å²) in [7, 11) is -7.00. The molecule has 1 radical (unpaired) electrons. The van der Waals surface area contributed by atoms with Gasteiger partial charge in [0.15, 0.2) is 0 Å². The van der Waals surface area contributed by atoms with Crippen LogP contribution in [0.2, 0.25) is 0 Å². The van der Waals surface area contributed by atoms with Gasteiger partial charge in [-0.25, -0.2) is 0 Å². The normalized spacial score (nSPS) is 8.92. The summed E-state index contributed by atoms with van der Waals surface area (Å²) in [6.07, 6.45) is 0. The first-order valence-electron chi connectivity index (χ1n) is 1.89. The van der Waals surface area contributed by atoms with Crippen molar-refractivity contribution in [3.05, 3.63) is 0 Å². The molecule has 0 aliphatic heterocycles. The molecule has 0 heterocycles. The molecule has 0 aliphatic carbocycles. The number of rotatable bonds is 0. The molecule has 13 heavy (non-hydrogen) atoms. The third kappa shape index (κ3) is 879. The first kappa shape index (κ1) is 29.3. The average molecular weight is 452 g/mol. The van der Waals surface area contributed by atoms with Crippen LogP contribution in [0.5, 0.6) is 0 Å². The van der Waals surface area contributed by atoms with Crippen LogP contribution in [-0.2, 0) is 38.4 Å². The van der Waals surface area contributed by atoms with Crippen LogP contribution in [0.1, 0.15) is 0 Å². The van der Waals surface area contributed by atoms with E-state index in [1.807, 2.05) is 0 Å². The van der Waals surface area contributed by atoms with Crippen LogP contribution in [0.25, 0.3) is 0 Å². The summed E-state index contributed by atoms with van der Waals surface area (Å²) >= 11 is 0. The van der Waals surface area contributed by atoms with Crippen molar-refractivity contribution in [3.8, 4) is 0 Å². The van der Waals surface area contributed by atoms with Crippen molar-refractivity contribution in [2.75, 3.05) is 0 Å². The summed E-state index contributed by atoms with van der Waals surface area (Å²) < 4.78 is 33.8. The molecule has 0 bridgehead atoms. The largest absolute Gasteiger partial charge is 4.00 e. The predicted molar refractivity (Wildman–Crippen MR) is 41.6 cm³/mol. The van der Waals surface area contributed by atoms with E-state index in [-0.39, 0.29) is 20.1 Å². The Hall–Kier alpha value is 1.41. The Bertz CT molecular complexity index is 70.1. The molecule has 0 aromatic carbocycles. The maximum atomic E-state index is 8.46. The van der Waals surface area contributed by atoms with E-state index in [0.717, 1.165) is 0 Å². The molecule has 0 fully saturated rings. The molecule has 4 unspecified atom stereocenters. The molecule has 13 heteroatoms. The van der Waals surface area contributed by atoms with Crippen molar-refractivity contribution in [3.63, 3.8) is 0 Å². The molecule has 0 N–H and O–H groups in total. The Morgan fingerprint density at radius 3 is 0.538 bits per heavy atom. The molecule has 4 atom stereocenters. The quantitative estimate of drug-likeness (QED) is 0.337. The van der Waals surface area contributed by atoms with Crippen LogP contribution in [0, 0.1) is 0 Å². The van der Waals surface area contributed by atoms with E-state index >= 15 is 0 Å². The van der Waals surface area contributed by atoms with E-state index in [4.69, 9.17) is 37.8 Å². The van der Waals surface area contributed by atoms with Gasteiger partial charge in [0.05, 0.1) is 0 Å². The molecule has 0 aliphatic rings. The van der Waals surface area contributed by atoms with Gasteiger partial charge in [-0.2, -0.15) is 0 Å². The van der Waals surface area contributed by atoms with Gasteiger partial charge in [0, 0.05) is 0 Å². The summed E-state index contributed by atoms with van der Waals surface area (Å²) in [5.74, 6) is 0. The molecule has 85 valence electrons. The fourth-order valence-corrected chi connectivity index (χ4v) is 0. The van der Waals surface area contributed by atoms with Crippen molar-refractivity contribution in [2.24, 2.45) is 0 Å². The Morgan fingerprint density at radius 2 is 0.538 bits per heavy atom. The van der Waals surface area contributed by atoms with Gasteiger partial charge >= 0.3 is 20.1 Å². The van der Waals surface area contributed by atoms with Gasteiger partial charge in [0.2, 0.25) is 0 Å². The number of hydrogen-bond donors (Lipinski definition) is 0. The van der Waals surface area contributed by atoms with Gasteiger partial charge in [-0.1, -0.05) is 0 Å². The zero-order chi connectivity index (χ0) is 10.8. The average Bonchev–Trinajstić information content (AvgIpc) is 1.92. The summed E-state index contributed by atoms with van der Waals surface area (Å²) in [5.41, 5.74) is 0. The van der Waals surface area contributed by atoms with Gasteiger partial charge in [0.1, 0.15) is 0 Å². The van der Waals surface area contributed by atoms with Crippen molar-refractivity contribution in [1.29, 1.82) is 0 Å². The Kier molecular flexibility index (Phi) is 159. The maximum absolute atomic E-state index is 8.46. The van der Waals surface area contributed by atoms with Crippen molar-refractivity contribution in [2.45, 2.75) is 0 Å². The van der Waals surface area contributed by atoms with E-state index < -0.39 is 34.7 Å². The van der Waals surface area contributed by atoms with E-state index in [9.17, 15) is 0 Å². The molecule has 0 aromatic rings. The standard InChI is InChI=1S/Ir.4H3O2P/c;4*1-3-2/h;4*3H2,(H,1,2)/q+4;;;;/p-4. The Morgan fingerprint density at radius 1 is 0.538 bits per heavy atom. The van der Waals surface area contributed by atoms with Gasteiger partial charge in [0.25, 0.3) is 0 Å². The SMILES string of the molecule is O=[PH2][O-].O=[PH2][O-].O=[PH2][O-].O=[PH2][O-].[Ir+4]. The smallest absolute Gasteiger partial charge is 0.804 e. The second-order valence-corrected chi connectivity index (χ2v) is 1.15. The molecular formula is H8IrO8P4. The van der Waals surface area contributed by atoms with Gasteiger partial charge in [-0.15, -0.1) is 0 Å². The first-order valence-corrected chi connectivity index (χ1v) is 5.66. The van der Waals surface area contributed by atoms with Crippen molar-refractivity contribution in [1.82, 2.24) is 0 Å². The summed E-state index contributed by atoms with van der Waals surface area (Å²) in [6, 6.07) is 0. The van der Waals surface area contributed by atoms with Crippen LogP contribution in [-0.4, -0.2) is 0 Å². The molecule has 0 rings (SSSR count). The van der Waals surface area contributed by atoms with E-state index in [1.165, 1.54) is 0 Å². The molecule has 0 saturated heterocycles. The minimum atomic E-state index is -1.75. The van der Waals surface area contributed by atoms with Crippen LogP contribution in [0.3, 0.4) is 0 Å². The summed E-state index contributed by atoms with van der Waals surface area (Å²) in [5, 5.41) is 0. The van der Waals surface area contributed by atoms with Crippen molar-refractivity contribution >= 4 is 34.7 Å². The second-order valence-electron chi connectivity index (χ2n) is 0.385.